The second-order valence-electron chi connectivity index (χ2n) is 8.63. The molecule has 4 aliphatic rings. The molecule has 1 heteroatoms. The van der Waals surface area contributed by atoms with Gasteiger partial charge in [-0.25, -0.2) is 0 Å². The monoisotopic (exact) mass is 282 g/mol. The Morgan fingerprint density at radius 2 is 1.76 bits per heavy atom. The van der Waals surface area contributed by atoms with Crippen LogP contribution < -0.4 is 0 Å². The van der Waals surface area contributed by atoms with Gasteiger partial charge in [-0.1, -0.05) is 25.1 Å². The van der Waals surface area contributed by atoms with Crippen molar-refractivity contribution in [2.24, 2.45) is 22.7 Å². The summed E-state index contributed by atoms with van der Waals surface area (Å²) >= 11 is 0. The Morgan fingerprint density at radius 1 is 1.10 bits per heavy atom. The normalized spacial score (nSPS) is 40.5. The number of aryl methyl sites for hydroxylation is 1. The lowest BCUT2D eigenvalue weighted by Crippen LogP contribution is -2.54. The maximum atomic E-state index is 13.4. The van der Waals surface area contributed by atoms with Crippen molar-refractivity contribution in [2.45, 2.75) is 59.3 Å². The topological polar surface area (TPSA) is 17.1 Å². The minimum atomic E-state index is -0.0304. The van der Waals surface area contributed by atoms with Gasteiger partial charge in [0.2, 0.25) is 0 Å². The Hall–Kier alpha value is -1.11. The van der Waals surface area contributed by atoms with Gasteiger partial charge < -0.3 is 0 Å². The van der Waals surface area contributed by atoms with E-state index in [2.05, 4.69) is 39.0 Å². The first-order valence-corrected chi connectivity index (χ1v) is 8.52. The van der Waals surface area contributed by atoms with Crippen molar-refractivity contribution in [3.05, 3.63) is 34.9 Å². The zero-order valence-electron chi connectivity index (χ0n) is 13.5. The first kappa shape index (κ1) is 13.5. The number of rotatable bonds is 2. The third-order valence-corrected chi connectivity index (χ3v) is 6.68. The highest BCUT2D eigenvalue weighted by molar-refractivity contribution is 6.02. The van der Waals surface area contributed by atoms with Crippen molar-refractivity contribution in [3.8, 4) is 0 Å². The van der Waals surface area contributed by atoms with Crippen molar-refractivity contribution in [1.29, 1.82) is 0 Å². The largest absolute Gasteiger partial charge is 0.294 e. The van der Waals surface area contributed by atoms with E-state index in [1.54, 1.807) is 0 Å². The Labute approximate surface area is 128 Å². The fraction of sp³-hybridized carbons (Fsp3) is 0.650. The van der Waals surface area contributed by atoms with Crippen molar-refractivity contribution >= 4 is 5.78 Å². The van der Waals surface area contributed by atoms with E-state index in [4.69, 9.17) is 0 Å². The predicted octanol–water partition coefficient (Wildman–Crippen LogP) is 5.09. The number of hydrogen-bond acceptors (Lipinski definition) is 1. The number of Topliss-reactive ketones (excluding diaryl/α,β-unsaturated/α-hetero) is 1. The van der Waals surface area contributed by atoms with Crippen molar-refractivity contribution < 1.29 is 4.79 Å². The van der Waals surface area contributed by atoms with Crippen LogP contribution in [0.1, 0.15) is 66.9 Å². The minimum absolute atomic E-state index is 0.0304. The summed E-state index contributed by atoms with van der Waals surface area (Å²) in [4.78, 5) is 13.4. The highest BCUT2D eigenvalue weighted by Gasteiger charge is 2.58. The molecule has 2 unspecified atom stereocenters. The molecule has 112 valence electrons. The van der Waals surface area contributed by atoms with E-state index >= 15 is 0 Å². The third-order valence-electron chi connectivity index (χ3n) is 6.68. The maximum Gasteiger partial charge on any atom is 0.169 e. The molecular weight excluding hydrogens is 256 g/mol. The second-order valence-corrected chi connectivity index (χ2v) is 8.63. The minimum Gasteiger partial charge on any atom is -0.294 e. The summed E-state index contributed by atoms with van der Waals surface area (Å²) in [5.74, 6) is 2.08. The molecule has 0 saturated heterocycles. The van der Waals surface area contributed by atoms with Crippen LogP contribution in [0.3, 0.4) is 0 Å². The van der Waals surface area contributed by atoms with Gasteiger partial charge in [-0.15, -0.1) is 0 Å². The highest BCUT2D eigenvalue weighted by Crippen LogP contribution is 2.65. The summed E-state index contributed by atoms with van der Waals surface area (Å²) in [6.45, 7) is 6.67. The van der Waals surface area contributed by atoms with Gasteiger partial charge in [0.05, 0.1) is 0 Å². The van der Waals surface area contributed by atoms with Crippen LogP contribution in [-0.4, -0.2) is 5.78 Å². The van der Waals surface area contributed by atoms with Crippen LogP contribution in [0.25, 0.3) is 0 Å². The first-order chi connectivity index (χ1) is 9.91. The van der Waals surface area contributed by atoms with Crippen LogP contribution in [0.15, 0.2) is 18.2 Å². The molecule has 1 nitrogen and oxygen atoms in total. The summed E-state index contributed by atoms with van der Waals surface area (Å²) in [6, 6.07) is 6.23. The fourth-order valence-corrected chi connectivity index (χ4v) is 6.27. The lowest BCUT2D eigenvalue weighted by Gasteiger charge is -2.60. The molecule has 2 atom stereocenters. The van der Waals surface area contributed by atoms with Crippen LogP contribution >= 0.6 is 0 Å². The molecule has 4 saturated carbocycles. The standard InChI is InChI=1S/C20H26O/c1-13-5-4-6-17(14(13)2)18(21)20-10-15-7-16(11-20)9-19(3,8-15)12-20/h4-6,15-16H,7-12H2,1-3H3. The molecule has 0 spiro atoms. The average molecular weight is 282 g/mol. The molecule has 4 bridgehead atoms. The predicted molar refractivity (Wildman–Crippen MR) is 85.5 cm³/mol. The van der Waals surface area contributed by atoms with Crippen LogP contribution in [0, 0.1) is 36.5 Å². The second kappa shape index (κ2) is 4.21. The van der Waals surface area contributed by atoms with Crippen molar-refractivity contribution in [3.63, 3.8) is 0 Å². The summed E-state index contributed by atoms with van der Waals surface area (Å²) in [6.07, 6.45) is 7.57. The zero-order chi connectivity index (χ0) is 14.8. The first-order valence-electron chi connectivity index (χ1n) is 8.52. The molecule has 0 radical (unpaired) electrons. The van der Waals surface area contributed by atoms with Crippen LogP contribution in [0.2, 0.25) is 0 Å². The SMILES string of the molecule is Cc1cccc(C(=O)C23CC4CC(CC(C)(C4)C2)C3)c1C. The van der Waals surface area contributed by atoms with Gasteiger partial charge in [-0.05, 0) is 80.8 Å². The van der Waals surface area contributed by atoms with Gasteiger partial charge in [0.1, 0.15) is 0 Å². The molecule has 0 aromatic heterocycles. The smallest absolute Gasteiger partial charge is 0.169 e. The van der Waals surface area contributed by atoms with E-state index in [-0.39, 0.29) is 5.41 Å². The zero-order valence-corrected chi connectivity index (χ0v) is 13.5. The van der Waals surface area contributed by atoms with Gasteiger partial charge in [0.25, 0.3) is 0 Å². The van der Waals surface area contributed by atoms with Gasteiger partial charge >= 0.3 is 0 Å². The Balaban J connectivity index is 1.76. The summed E-state index contributed by atoms with van der Waals surface area (Å²) < 4.78 is 0. The van der Waals surface area contributed by atoms with Crippen LogP contribution in [0.4, 0.5) is 0 Å². The number of benzene rings is 1. The molecule has 0 heterocycles. The fourth-order valence-electron chi connectivity index (χ4n) is 6.27. The maximum absolute atomic E-state index is 13.4. The van der Waals surface area contributed by atoms with Gasteiger partial charge in [0, 0.05) is 11.0 Å². The van der Waals surface area contributed by atoms with Crippen LogP contribution in [-0.2, 0) is 0 Å². The number of hydrogen-bond donors (Lipinski definition) is 0. The summed E-state index contributed by atoms with van der Waals surface area (Å²) in [5.41, 5.74) is 3.86. The van der Waals surface area contributed by atoms with Crippen LogP contribution in [0.5, 0.6) is 0 Å². The number of carbonyl (C=O) groups is 1. The highest BCUT2D eigenvalue weighted by atomic mass is 16.1. The summed E-state index contributed by atoms with van der Waals surface area (Å²) in [7, 11) is 0. The lowest BCUT2D eigenvalue weighted by molar-refractivity contribution is -0.0820. The lowest BCUT2D eigenvalue weighted by atomic mass is 9.43. The Kier molecular flexibility index (Phi) is 2.72. The van der Waals surface area contributed by atoms with Gasteiger partial charge in [-0.3, -0.25) is 4.79 Å². The molecule has 4 aliphatic carbocycles. The average Bonchev–Trinajstić information content (AvgIpc) is 2.38. The van der Waals surface area contributed by atoms with E-state index in [1.807, 2.05) is 0 Å². The van der Waals surface area contributed by atoms with E-state index in [9.17, 15) is 4.79 Å². The molecule has 0 N–H and O–H groups in total. The van der Waals surface area contributed by atoms with E-state index in [0.717, 1.165) is 36.7 Å². The molecular formula is C20H26O. The Bertz CT molecular complexity index is 598. The van der Waals surface area contributed by atoms with Crippen molar-refractivity contribution in [2.75, 3.05) is 0 Å². The van der Waals surface area contributed by atoms with E-state index < -0.39 is 0 Å². The third kappa shape index (κ3) is 1.93. The Morgan fingerprint density at radius 3 is 2.38 bits per heavy atom. The van der Waals surface area contributed by atoms with Gasteiger partial charge in [0.15, 0.2) is 5.78 Å². The number of ketones is 1. The van der Waals surface area contributed by atoms with Gasteiger partial charge in [-0.2, -0.15) is 0 Å². The summed E-state index contributed by atoms with van der Waals surface area (Å²) in [5, 5.41) is 0. The molecule has 4 fully saturated rings. The molecule has 1 aromatic carbocycles. The molecule has 0 aliphatic heterocycles. The molecule has 21 heavy (non-hydrogen) atoms. The number of carbonyl (C=O) groups excluding carboxylic acids is 1. The quantitative estimate of drug-likeness (QED) is 0.690. The van der Waals surface area contributed by atoms with E-state index in [0.29, 0.717) is 11.2 Å². The molecule has 5 rings (SSSR count). The molecule has 1 aromatic rings. The van der Waals surface area contributed by atoms with E-state index in [1.165, 1.54) is 30.4 Å². The van der Waals surface area contributed by atoms with Crippen molar-refractivity contribution in [1.82, 2.24) is 0 Å². The molecule has 0 amide bonds.